The van der Waals surface area contributed by atoms with Crippen molar-refractivity contribution in [3.05, 3.63) is 191 Å². The number of amides is 1. The predicted molar refractivity (Wildman–Crippen MR) is 299 cm³/mol. The number of likely N-dealkylation sites (N-methyl/N-ethyl adjacent to an activating group) is 1. The van der Waals surface area contributed by atoms with Crippen LogP contribution < -0.4 is 14.4 Å². The van der Waals surface area contributed by atoms with Gasteiger partial charge in [0.1, 0.15) is 41.0 Å². The van der Waals surface area contributed by atoms with Crippen LogP contribution in [-0.2, 0) is 15.0 Å². The van der Waals surface area contributed by atoms with Gasteiger partial charge in [-0.1, -0.05) is 133 Å². The van der Waals surface area contributed by atoms with Crippen LogP contribution in [0.4, 0.5) is 15.0 Å². The van der Waals surface area contributed by atoms with E-state index in [0.717, 1.165) is 67.8 Å². The molecule has 3 atom stereocenters. The molecule has 0 N–H and O–H groups in total. The Labute approximate surface area is 444 Å². The number of rotatable bonds is 15. The van der Waals surface area contributed by atoms with Gasteiger partial charge in [-0.15, -0.1) is 0 Å². The molecule has 1 saturated carbocycles. The molecule has 0 radical (unpaired) electrons. The Morgan fingerprint density at radius 3 is 2.04 bits per heavy atom. The van der Waals surface area contributed by atoms with Crippen molar-refractivity contribution in [3.63, 3.8) is 0 Å². The van der Waals surface area contributed by atoms with Crippen molar-refractivity contribution in [2.24, 2.45) is 0 Å². The lowest BCUT2D eigenvalue weighted by molar-refractivity contribution is 0.0292. The van der Waals surface area contributed by atoms with Crippen LogP contribution >= 0.6 is 0 Å². The largest absolute Gasteiger partial charge is 0.483 e. The van der Waals surface area contributed by atoms with Gasteiger partial charge in [-0.25, -0.2) is 9.18 Å². The summed E-state index contributed by atoms with van der Waals surface area (Å²) < 4.78 is 44.9. The molecule has 2 aliphatic rings. The second-order valence-corrected chi connectivity index (χ2v) is 21.5. The van der Waals surface area contributed by atoms with Crippen molar-refractivity contribution in [2.75, 3.05) is 38.8 Å². The summed E-state index contributed by atoms with van der Waals surface area (Å²) in [5.74, 6) is 0.866. The Kier molecular flexibility index (Phi) is 13.5. The molecule has 0 spiro atoms. The van der Waals surface area contributed by atoms with E-state index in [1.54, 1.807) is 18.1 Å². The number of fused-ring (bicyclic) bond motifs is 3. The minimum absolute atomic E-state index is 0.116. The van der Waals surface area contributed by atoms with E-state index < -0.39 is 17.2 Å². The molecule has 3 heterocycles. The first-order valence-corrected chi connectivity index (χ1v) is 26.5. The molecule has 1 amide bonds. The number of carbonyl (C=O) groups excluding carboxylic acids is 1. The van der Waals surface area contributed by atoms with Crippen LogP contribution in [0.15, 0.2) is 152 Å². The number of ether oxygens (including phenoxy) is 4. The molecular formula is C64H65FN6O5. The molecule has 2 fully saturated rings. The summed E-state index contributed by atoms with van der Waals surface area (Å²) in [6.07, 6.45) is 3.53. The number of hydrogen-bond acceptors (Lipinski definition) is 9. The van der Waals surface area contributed by atoms with Gasteiger partial charge in [-0.2, -0.15) is 15.1 Å². The van der Waals surface area contributed by atoms with Crippen molar-refractivity contribution in [2.45, 2.75) is 96.1 Å². The molecule has 388 valence electrons. The number of aromatic nitrogens is 4. The molecule has 1 aliphatic heterocycles. The SMILES string of the molecule is CO[C@@H](C)COc1nc(N(C)[C@H]2CCN(C(=O)OC(C)(C)C)C2)c2cc(C3CC3)c(-c3c(C)c(F)cc4nn(C(c5ccccc5)(c5ccccc5)c5ccccc5)cc34)c(O[C@@H](C)c3cccc4ccccc34)c2n1. The van der Waals surface area contributed by atoms with Crippen molar-refractivity contribution in [1.29, 1.82) is 0 Å². The highest BCUT2D eigenvalue weighted by Gasteiger charge is 2.41. The normalized spacial score (nSPS) is 15.8. The van der Waals surface area contributed by atoms with Crippen LogP contribution in [0.25, 0.3) is 43.7 Å². The monoisotopic (exact) mass is 1020 g/mol. The third-order valence-corrected chi connectivity index (χ3v) is 15.2. The summed E-state index contributed by atoms with van der Waals surface area (Å²) >= 11 is 0. The highest BCUT2D eigenvalue weighted by Crippen LogP contribution is 2.54. The zero-order chi connectivity index (χ0) is 52.9. The molecule has 0 unspecified atom stereocenters. The summed E-state index contributed by atoms with van der Waals surface area (Å²) in [5.41, 5.74) is 6.31. The quantitative estimate of drug-likeness (QED) is 0.0929. The standard InChI is InChI=1S/C64H65FN6O5/c1-40(73-8)39-74-61-66-58-52(60(67-61)69(7)48-33-34-70(37-48)62(72)76-63(4,5)6)35-51(44-31-32-44)57(59(58)75-42(3)49-30-20-22-43-21-18-19-29-50(43)49)56-41(2)54(65)36-55-53(56)38-71(68-55)64(45-23-12-9-13-24-45,46-25-14-10-15-26-46)47-27-16-11-17-28-47/h9-30,35-36,38,40,42,44,48H,31-34,37,39H2,1-8H3/t40-,42-,48-/m0/s1. The second kappa shape index (κ2) is 20.4. The Balaban J connectivity index is 1.19. The average Bonchev–Trinajstić information content (AvgIpc) is 4.06. The fraction of sp³-hybridized carbons (Fsp3) is 0.312. The molecule has 1 saturated heterocycles. The van der Waals surface area contributed by atoms with Crippen LogP contribution in [0.1, 0.15) is 99.3 Å². The Morgan fingerprint density at radius 2 is 1.41 bits per heavy atom. The van der Waals surface area contributed by atoms with Gasteiger partial charge in [-0.05, 0) is 117 Å². The number of likely N-dealkylation sites (tertiary alicyclic amines) is 1. The van der Waals surface area contributed by atoms with Crippen LogP contribution in [0.2, 0.25) is 0 Å². The van der Waals surface area contributed by atoms with Gasteiger partial charge in [0.15, 0.2) is 5.75 Å². The number of halogens is 1. The maximum absolute atomic E-state index is 17.4. The van der Waals surface area contributed by atoms with Crippen molar-refractivity contribution < 1.29 is 28.1 Å². The number of methoxy groups -OCH3 is 1. The summed E-state index contributed by atoms with van der Waals surface area (Å²) in [5, 5.41) is 9.12. The van der Waals surface area contributed by atoms with Crippen LogP contribution in [0.3, 0.4) is 0 Å². The molecule has 76 heavy (non-hydrogen) atoms. The molecular weight excluding hydrogens is 952 g/mol. The van der Waals surface area contributed by atoms with Crippen molar-refractivity contribution in [1.82, 2.24) is 24.6 Å². The highest BCUT2D eigenvalue weighted by molar-refractivity contribution is 6.06. The number of nitrogens with zero attached hydrogens (tertiary/aromatic N) is 6. The molecule has 11 nitrogen and oxygen atoms in total. The maximum Gasteiger partial charge on any atom is 0.410 e. The van der Waals surface area contributed by atoms with E-state index in [4.69, 9.17) is 34.0 Å². The van der Waals surface area contributed by atoms with Gasteiger partial charge in [0.25, 0.3) is 0 Å². The molecule has 2 aromatic heterocycles. The average molecular weight is 1020 g/mol. The number of carbonyl (C=O) groups is 1. The van der Waals surface area contributed by atoms with E-state index in [0.29, 0.717) is 53.2 Å². The first-order valence-electron chi connectivity index (χ1n) is 26.5. The van der Waals surface area contributed by atoms with Crippen LogP contribution in [0, 0.1) is 12.7 Å². The topological polar surface area (TPSA) is 104 Å². The molecule has 9 aromatic rings. The van der Waals surface area contributed by atoms with E-state index in [9.17, 15) is 4.79 Å². The van der Waals surface area contributed by atoms with E-state index in [2.05, 4.69) is 127 Å². The molecule has 0 bridgehead atoms. The number of anilines is 1. The summed E-state index contributed by atoms with van der Waals surface area (Å²) in [6.45, 7) is 12.6. The minimum atomic E-state index is -0.965. The Hall–Kier alpha value is -7.83. The van der Waals surface area contributed by atoms with Crippen molar-refractivity contribution in [3.8, 4) is 22.9 Å². The molecule has 1 aliphatic carbocycles. The van der Waals surface area contributed by atoms with Crippen LogP contribution in [-0.4, -0.2) is 82.3 Å². The van der Waals surface area contributed by atoms with E-state index in [1.165, 1.54) is 0 Å². The van der Waals surface area contributed by atoms with Gasteiger partial charge < -0.3 is 28.7 Å². The van der Waals surface area contributed by atoms with Crippen LogP contribution in [0.5, 0.6) is 11.8 Å². The first-order chi connectivity index (χ1) is 36.7. The fourth-order valence-corrected chi connectivity index (χ4v) is 11.1. The molecule has 11 rings (SSSR count). The molecule has 12 heteroatoms. The van der Waals surface area contributed by atoms with Gasteiger partial charge in [0.05, 0.1) is 11.6 Å². The lowest BCUT2D eigenvalue weighted by Crippen LogP contribution is -2.39. The highest BCUT2D eigenvalue weighted by atomic mass is 19.1. The summed E-state index contributed by atoms with van der Waals surface area (Å²) in [4.78, 5) is 27.9. The van der Waals surface area contributed by atoms with Gasteiger partial charge in [-0.3, -0.25) is 4.68 Å². The second-order valence-electron chi connectivity index (χ2n) is 21.5. The van der Waals surface area contributed by atoms with E-state index in [-0.39, 0.29) is 42.6 Å². The van der Waals surface area contributed by atoms with Gasteiger partial charge in [0.2, 0.25) is 0 Å². The Bertz CT molecular complexity index is 3480. The van der Waals surface area contributed by atoms with E-state index >= 15 is 4.39 Å². The zero-order valence-corrected chi connectivity index (χ0v) is 44.6. The van der Waals surface area contributed by atoms with Gasteiger partial charge in [0, 0.05) is 67.5 Å². The number of hydrogen-bond donors (Lipinski definition) is 0. The third kappa shape index (κ3) is 9.37. The smallest absolute Gasteiger partial charge is 0.410 e. The molecule has 7 aromatic carbocycles. The minimum Gasteiger partial charge on any atom is -0.483 e. The zero-order valence-electron chi connectivity index (χ0n) is 44.6. The lowest BCUT2D eigenvalue weighted by Gasteiger charge is -2.36. The fourth-order valence-electron chi connectivity index (χ4n) is 11.1. The predicted octanol–water partition coefficient (Wildman–Crippen LogP) is 14.0. The lowest BCUT2D eigenvalue weighted by atomic mass is 9.77. The third-order valence-electron chi connectivity index (χ3n) is 15.2. The van der Waals surface area contributed by atoms with Crippen molar-refractivity contribution >= 4 is 44.5 Å². The van der Waals surface area contributed by atoms with E-state index in [1.807, 2.05) is 76.7 Å². The Morgan fingerprint density at radius 1 is 0.776 bits per heavy atom. The maximum atomic E-state index is 17.4. The summed E-state index contributed by atoms with van der Waals surface area (Å²) in [7, 11) is 3.66. The first kappa shape index (κ1) is 50.3. The number of benzene rings is 7. The van der Waals surface area contributed by atoms with Gasteiger partial charge >= 0.3 is 12.1 Å². The summed E-state index contributed by atoms with van der Waals surface area (Å²) in [6, 6.07) is 49.6.